The smallest absolute Gasteiger partial charge is 0.241 e. The highest BCUT2D eigenvalue weighted by Crippen LogP contribution is 2.22. The molecule has 0 aliphatic heterocycles. The molecule has 0 amide bonds. The van der Waals surface area contributed by atoms with Crippen molar-refractivity contribution in [3.63, 3.8) is 0 Å². The monoisotopic (exact) mass is 311 g/mol. The number of aromatic nitrogens is 1. The van der Waals surface area contributed by atoms with E-state index >= 15 is 0 Å². The van der Waals surface area contributed by atoms with E-state index in [0.717, 1.165) is 0 Å². The van der Waals surface area contributed by atoms with E-state index in [2.05, 4.69) is 9.71 Å². The zero-order chi connectivity index (χ0) is 15.5. The van der Waals surface area contributed by atoms with Gasteiger partial charge in [-0.15, -0.1) is 0 Å². The number of hydrogen-bond acceptors (Lipinski definition) is 6. The summed E-state index contributed by atoms with van der Waals surface area (Å²) in [6.07, 6.45) is 1.53. The van der Waals surface area contributed by atoms with Crippen LogP contribution in [-0.2, 0) is 23.1 Å². The van der Waals surface area contributed by atoms with E-state index in [1.165, 1.54) is 25.4 Å². The topological polar surface area (TPSA) is 107 Å². The second kappa shape index (κ2) is 6.25. The number of ether oxygens (including phenoxy) is 1. The SMILES string of the molecule is COc1ccc(S(=O)(=O)NCc2ncc(C)o2)cc1CN. The van der Waals surface area contributed by atoms with Gasteiger partial charge in [0.15, 0.2) is 0 Å². The molecule has 0 aliphatic carbocycles. The minimum Gasteiger partial charge on any atom is -0.496 e. The third-order valence-electron chi connectivity index (χ3n) is 2.86. The molecule has 0 spiro atoms. The van der Waals surface area contributed by atoms with E-state index < -0.39 is 10.0 Å². The van der Waals surface area contributed by atoms with Gasteiger partial charge in [-0.1, -0.05) is 0 Å². The summed E-state index contributed by atoms with van der Waals surface area (Å²) in [4.78, 5) is 4.06. The molecule has 114 valence electrons. The first kappa shape index (κ1) is 15.5. The summed E-state index contributed by atoms with van der Waals surface area (Å²) in [5, 5.41) is 0. The summed E-state index contributed by atoms with van der Waals surface area (Å²) in [7, 11) is -2.16. The van der Waals surface area contributed by atoms with Crippen molar-refractivity contribution in [1.82, 2.24) is 9.71 Å². The van der Waals surface area contributed by atoms with Gasteiger partial charge < -0.3 is 14.9 Å². The summed E-state index contributed by atoms with van der Waals surface area (Å²) in [6, 6.07) is 4.52. The predicted octanol–water partition coefficient (Wildman–Crippen LogP) is 0.929. The molecule has 0 aliphatic rings. The lowest BCUT2D eigenvalue weighted by molar-refractivity contribution is 0.409. The van der Waals surface area contributed by atoms with Crippen LogP contribution in [0.5, 0.6) is 5.75 Å². The first-order valence-electron chi connectivity index (χ1n) is 6.24. The summed E-state index contributed by atoms with van der Waals surface area (Å²) >= 11 is 0. The second-order valence-corrected chi connectivity index (χ2v) is 6.13. The fraction of sp³-hybridized carbons (Fsp3) is 0.308. The molecule has 0 bridgehead atoms. The van der Waals surface area contributed by atoms with E-state index in [0.29, 0.717) is 23.0 Å². The van der Waals surface area contributed by atoms with Crippen LogP contribution in [0.25, 0.3) is 0 Å². The van der Waals surface area contributed by atoms with Crippen molar-refractivity contribution in [2.24, 2.45) is 5.73 Å². The predicted molar refractivity (Wildman–Crippen MR) is 76.2 cm³/mol. The highest BCUT2D eigenvalue weighted by atomic mass is 32.2. The Hall–Kier alpha value is -1.90. The van der Waals surface area contributed by atoms with Crippen LogP contribution in [0.2, 0.25) is 0 Å². The maximum absolute atomic E-state index is 12.2. The van der Waals surface area contributed by atoms with Crippen molar-refractivity contribution in [2.45, 2.75) is 24.9 Å². The van der Waals surface area contributed by atoms with Crippen molar-refractivity contribution >= 4 is 10.0 Å². The molecule has 1 aromatic carbocycles. The Morgan fingerprint density at radius 3 is 2.76 bits per heavy atom. The van der Waals surface area contributed by atoms with Gasteiger partial charge in [-0.05, 0) is 25.1 Å². The van der Waals surface area contributed by atoms with Gasteiger partial charge in [0.2, 0.25) is 15.9 Å². The Morgan fingerprint density at radius 2 is 2.19 bits per heavy atom. The van der Waals surface area contributed by atoms with Gasteiger partial charge in [0.05, 0.1) is 24.7 Å². The van der Waals surface area contributed by atoms with Crippen LogP contribution in [0.3, 0.4) is 0 Å². The molecule has 7 nitrogen and oxygen atoms in total. The minimum absolute atomic E-state index is 0.0137. The Balaban J connectivity index is 2.19. The second-order valence-electron chi connectivity index (χ2n) is 4.37. The molecule has 0 unspecified atom stereocenters. The fourth-order valence-electron chi connectivity index (χ4n) is 1.80. The lowest BCUT2D eigenvalue weighted by atomic mass is 10.2. The first-order valence-corrected chi connectivity index (χ1v) is 7.72. The van der Waals surface area contributed by atoms with Gasteiger partial charge >= 0.3 is 0 Å². The standard InChI is InChI=1S/C13H17N3O4S/c1-9-7-15-13(20-9)8-16-21(17,18)11-3-4-12(19-2)10(5-11)6-14/h3-5,7,16H,6,8,14H2,1-2H3. The van der Waals surface area contributed by atoms with Gasteiger partial charge in [-0.3, -0.25) is 0 Å². The quantitative estimate of drug-likeness (QED) is 0.821. The normalized spacial score (nSPS) is 11.6. The fourth-order valence-corrected chi connectivity index (χ4v) is 2.83. The molecule has 0 fully saturated rings. The van der Waals surface area contributed by atoms with Crippen LogP contribution in [-0.4, -0.2) is 20.5 Å². The number of sulfonamides is 1. The first-order chi connectivity index (χ1) is 9.96. The molecule has 1 aromatic heterocycles. The molecule has 0 saturated carbocycles. The molecule has 8 heteroatoms. The highest BCUT2D eigenvalue weighted by Gasteiger charge is 2.17. The number of aryl methyl sites for hydroxylation is 1. The molecular formula is C13H17N3O4S. The van der Waals surface area contributed by atoms with E-state index in [9.17, 15) is 8.42 Å². The molecule has 0 radical (unpaired) electrons. The van der Waals surface area contributed by atoms with Crippen molar-refractivity contribution < 1.29 is 17.6 Å². The number of rotatable bonds is 6. The van der Waals surface area contributed by atoms with Crippen LogP contribution < -0.4 is 15.2 Å². The molecular weight excluding hydrogens is 294 g/mol. The third kappa shape index (κ3) is 3.60. The maximum Gasteiger partial charge on any atom is 0.241 e. The van der Waals surface area contributed by atoms with Crippen molar-refractivity contribution in [2.75, 3.05) is 7.11 Å². The van der Waals surface area contributed by atoms with Gasteiger partial charge in [-0.2, -0.15) is 0 Å². The molecule has 21 heavy (non-hydrogen) atoms. The number of oxazole rings is 1. The average Bonchev–Trinajstić information content (AvgIpc) is 2.90. The summed E-state index contributed by atoms with van der Waals surface area (Å²) < 4.78 is 37.2. The van der Waals surface area contributed by atoms with E-state index in [4.69, 9.17) is 14.9 Å². The Labute approximate surface area is 123 Å². The zero-order valence-corrected chi connectivity index (χ0v) is 12.6. The Bertz CT molecular complexity index is 725. The summed E-state index contributed by atoms with van der Waals surface area (Å²) in [6.45, 7) is 1.91. The molecule has 0 saturated heterocycles. The minimum atomic E-state index is -3.67. The lowest BCUT2D eigenvalue weighted by Crippen LogP contribution is -2.23. The van der Waals surface area contributed by atoms with Crippen molar-refractivity contribution in [3.05, 3.63) is 41.6 Å². The van der Waals surface area contributed by atoms with Crippen molar-refractivity contribution in [3.8, 4) is 5.75 Å². The number of nitrogens with one attached hydrogen (secondary N) is 1. The largest absolute Gasteiger partial charge is 0.496 e. The molecule has 1 heterocycles. The molecule has 0 atom stereocenters. The van der Waals surface area contributed by atoms with Crippen LogP contribution in [0, 0.1) is 6.92 Å². The van der Waals surface area contributed by atoms with Gasteiger partial charge in [0, 0.05) is 12.1 Å². The molecule has 2 aromatic rings. The van der Waals surface area contributed by atoms with Crippen LogP contribution >= 0.6 is 0 Å². The highest BCUT2D eigenvalue weighted by molar-refractivity contribution is 7.89. The average molecular weight is 311 g/mol. The van der Waals surface area contributed by atoms with Crippen molar-refractivity contribution in [1.29, 1.82) is 0 Å². The lowest BCUT2D eigenvalue weighted by Gasteiger charge is -2.10. The Kier molecular flexibility index (Phi) is 4.61. The Morgan fingerprint density at radius 1 is 1.43 bits per heavy atom. The maximum atomic E-state index is 12.2. The van der Waals surface area contributed by atoms with Crippen LogP contribution in [0.1, 0.15) is 17.2 Å². The van der Waals surface area contributed by atoms with Gasteiger partial charge in [0.25, 0.3) is 0 Å². The number of nitrogens with zero attached hydrogens (tertiary/aromatic N) is 1. The number of nitrogens with two attached hydrogens (primary N) is 1. The van der Waals surface area contributed by atoms with Gasteiger partial charge in [0.1, 0.15) is 11.5 Å². The van der Waals surface area contributed by atoms with Crippen LogP contribution in [0.15, 0.2) is 33.7 Å². The number of hydrogen-bond donors (Lipinski definition) is 2. The summed E-state index contributed by atoms with van der Waals surface area (Å²) in [5.41, 5.74) is 6.20. The summed E-state index contributed by atoms with van der Waals surface area (Å²) in [5.74, 6) is 1.49. The third-order valence-corrected chi connectivity index (χ3v) is 4.26. The molecule has 2 rings (SSSR count). The van der Waals surface area contributed by atoms with E-state index in [1.807, 2.05) is 0 Å². The van der Waals surface area contributed by atoms with E-state index in [1.54, 1.807) is 13.0 Å². The van der Waals surface area contributed by atoms with Gasteiger partial charge in [-0.25, -0.2) is 18.1 Å². The van der Waals surface area contributed by atoms with E-state index in [-0.39, 0.29) is 18.0 Å². The molecule has 3 N–H and O–H groups in total. The zero-order valence-electron chi connectivity index (χ0n) is 11.8. The van der Waals surface area contributed by atoms with Crippen LogP contribution in [0.4, 0.5) is 0 Å². The number of benzene rings is 1. The number of methoxy groups -OCH3 is 1.